The van der Waals surface area contributed by atoms with Gasteiger partial charge in [-0.1, -0.05) is 32.9 Å². The molecule has 3 N–H and O–H groups in total. The number of Topliss-reactive ketones (excluding diaryl/α,β-unsaturated/α-hetero) is 1. The quantitative estimate of drug-likeness (QED) is 0.593. The normalized spacial score (nSPS) is 19.9. The van der Waals surface area contributed by atoms with Gasteiger partial charge in [0.2, 0.25) is 0 Å². The number of hydrogen-bond acceptors (Lipinski definition) is 5. The van der Waals surface area contributed by atoms with Crippen LogP contribution < -0.4 is 5.32 Å². The van der Waals surface area contributed by atoms with Crippen LogP contribution in [0.25, 0.3) is 22.4 Å². The van der Waals surface area contributed by atoms with Gasteiger partial charge < -0.3 is 15.4 Å². The van der Waals surface area contributed by atoms with Gasteiger partial charge in [0.15, 0.2) is 11.4 Å². The topological polar surface area (TPSA) is 90.9 Å². The third-order valence-corrected chi connectivity index (χ3v) is 5.30. The molecule has 1 aromatic carbocycles. The van der Waals surface area contributed by atoms with Gasteiger partial charge in [0.1, 0.15) is 5.52 Å². The molecule has 1 aliphatic rings. The molecule has 4 rings (SSSR count). The van der Waals surface area contributed by atoms with E-state index < -0.39 is 5.41 Å². The van der Waals surface area contributed by atoms with Crippen LogP contribution in [0.5, 0.6) is 0 Å². The fourth-order valence-electron chi connectivity index (χ4n) is 3.70. The van der Waals surface area contributed by atoms with Gasteiger partial charge >= 0.3 is 0 Å². The standard InChI is InChI=1S/C22H26N4O2/c1-22(2,3)20(28)15-11-23-21-19(15)26-17(12-24-21)13-6-4-7-14(10-13)25-16-8-5-9-18(16)27/h4,6-7,10-12,16,18,25,27H,5,8-9H2,1-3H3,(H,23,24). The number of nitrogens with one attached hydrogen (secondary N) is 2. The average Bonchev–Trinajstić information content (AvgIpc) is 3.26. The Morgan fingerprint density at radius 2 is 2.11 bits per heavy atom. The van der Waals surface area contributed by atoms with Crippen molar-refractivity contribution < 1.29 is 9.90 Å². The molecular formula is C22H26N4O2. The zero-order valence-electron chi connectivity index (χ0n) is 16.5. The number of rotatable bonds is 4. The molecule has 6 heteroatoms. The predicted octanol–water partition coefficient (Wildman–Crippen LogP) is 4.18. The number of H-pyrrole nitrogens is 1. The van der Waals surface area contributed by atoms with Gasteiger partial charge in [-0.3, -0.25) is 4.79 Å². The number of carbonyl (C=O) groups excluding carboxylic acids is 1. The van der Waals surface area contributed by atoms with Crippen molar-refractivity contribution in [2.45, 2.75) is 52.2 Å². The molecule has 1 fully saturated rings. The molecule has 1 aliphatic carbocycles. The second kappa shape index (κ2) is 7.02. The predicted molar refractivity (Wildman–Crippen MR) is 110 cm³/mol. The number of fused-ring (bicyclic) bond motifs is 1. The largest absolute Gasteiger partial charge is 0.391 e. The number of anilines is 1. The number of hydrogen-bond donors (Lipinski definition) is 3. The second-order valence-corrected chi connectivity index (χ2v) is 8.56. The van der Waals surface area contributed by atoms with Gasteiger partial charge in [-0.25, -0.2) is 9.97 Å². The van der Waals surface area contributed by atoms with Crippen LogP contribution in [0.2, 0.25) is 0 Å². The second-order valence-electron chi connectivity index (χ2n) is 8.56. The highest BCUT2D eigenvalue weighted by Gasteiger charge is 2.27. The molecule has 0 bridgehead atoms. The van der Waals surface area contributed by atoms with Crippen LogP contribution in [-0.2, 0) is 0 Å². The van der Waals surface area contributed by atoms with Crippen molar-refractivity contribution in [1.29, 1.82) is 0 Å². The van der Waals surface area contributed by atoms with E-state index in [0.29, 0.717) is 22.4 Å². The van der Waals surface area contributed by atoms with Crippen LogP contribution in [0.1, 0.15) is 50.4 Å². The zero-order chi connectivity index (χ0) is 19.9. The highest BCUT2D eigenvalue weighted by Crippen LogP contribution is 2.29. The summed E-state index contributed by atoms with van der Waals surface area (Å²) >= 11 is 0. The highest BCUT2D eigenvalue weighted by molar-refractivity contribution is 6.08. The van der Waals surface area contributed by atoms with E-state index in [1.54, 1.807) is 12.4 Å². The summed E-state index contributed by atoms with van der Waals surface area (Å²) < 4.78 is 0. The van der Waals surface area contributed by atoms with Crippen LogP contribution in [0.15, 0.2) is 36.7 Å². The van der Waals surface area contributed by atoms with E-state index in [2.05, 4.69) is 15.3 Å². The van der Waals surface area contributed by atoms with E-state index in [1.165, 1.54) is 0 Å². The van der Waals surface area contributed by atoms with Crippen molar-refractivity contribution in [3.05, 3.63) is 42.2 Å². The van der Waals surface area contributed by atoms with Gasteiger partial charge in [-0.15, -0.1) is 0 Å². The molecule has 0 spiro atoms. The number of benzene rings is 1. The molecule has 0 amide bonds. The molecule has 0 radical (unpaired) electrons. The van der Waals surface area contributed by atoms with Crippen molar-refractivity contribution >= 4 is 22.6 Å². The lowest BCUT2D eigenvalue weighted by molar-refractivity contribution is 0.0860. The summed E-state index contributed by atoms with van der Waals surface area (Å²) in [5.41, 5.74) is 3.87. The summed E-state index contributed by atoms with van der Waals surface area (Å²) in [6, 6.07) is 8.03. The molecule has 0 saturated heterocycles. The number of nitrogens with zero attached hydrogens (tertiary/aromatic N) is 2. The van der Waals surface area contributed by atoms with E-state index in [1.807, 2.05) is 45.0 Å². The molecule has 28 heavy (non-hydrogen) atoms. The Balaban J connectivity index is 1.67. The molecular weight excluding hydrogens is 352 g/mol. The van der Waals surface area contributed by atoms with Gasteiger partial charge in [0.25, 0.3) is 0 Å². The first kappa shape index (κ1) is 18.6. The van der Waals surface area contributed by atoms with Crippen molar-refractivity contribution in [1.82, 2.24) is 15.0 Å². The van der Waals surface area contributed by atoms with Gasteiger partial charge in [-0.05, 0) is 31.4 Å². The third-order valence-electron chi connectivity index (χ3n) is 5.30. The smallest absolute Gasteiger partial charge is 0.171 e. The van der Waals surface area contributed by atoms with Crippen LogP contribution >= 0.6 is 0 Å². The number of aromatic nitrogens is 3. The molecule has 146 valence electrons. The monoisotopic (exact) mass is 378 g/mol. The molecule has 6 nitrogen and oxygen atoms in total. The summed E-state index contributed by atoms with van der Waals surface area (Å²) in [4.78, 5) is 25.0. The molecule has 3 aromatic rings. The number of aliphatic hydroxyl groups excluding tert-OH is 1. The maximum absolute atomic E-state index is 12.7. The molecule has 1 saturated carbocycles. The Morgan fingerprint density at radius 3 is 2.82 bits per heavy atom. The Bertz CT molecular complexity index is 1020. The fraction of sp³-hybridized carbons (Fsp3) is 0.409. The summed E-state index contributed by atoms with van der Waals surface area (Å²) in [6.45, 7) is 5.70. The number of carbonyl (C=O) groups is 1. The SMILES string of the molecule is CC(C)(C)C(=O)c1c[nH]c2ncc(-c3cccc(NC4CCCC4O)c3)nc12. The van der Waals surface area contributed by atoms with E-state index in [-0.39, 0.29) is 17.9 Å². The van der Waals surface area contributed by atoms with Gasteiger partial charge in [-0.2, -0.15) is 0 Å². The number of ketones is 1. The van der Waals surface area contributed by atoms with Crippen LogP contribution in [0, 0.1) is 5.41 Å². The summed E-state index contributed by atoms with van der Waals surface area (Å²) in [6.07, 6.45) is 5.97. The maximum atomic E-state index is 12.7. The lowest BCUT2D eigenvalue weighted by Crippen LogP contribution is -2.27. The first-order chi connectivity index (χ1) is 13.3. The molecule has 2 aromatic heterocycles. The Kier molecular flexibility index (Phi) is 4.67. The Hall–Kier alpha value is -2.73. The summed E-state index contributed by atoms with van der Waals surface area (Å²) in [5, 5.41) is 13.5. The molecule has 2 heterocycles. The van der Waals surface area contributed by atoms with Crippen LogP contribution in [-0.4, -0.2) is 38.0 Å². The van der Waals surface area contributed by atoms with Crippen molar-refractivity contribution in [2.75, 3.05) is 5.32 Å². The Labute approximate surface area is 164 Å². The van der Waals surface area contributed by atoms with Crippen molar-refractivity contribution in [3.8, 4) is 11.3 Å². The zero-order valence-corrected chi connectivity index (χ0v) is 16.5. The molecule has 2 unspecified atom stereocenters. The first-order valence-corrected chi connectivity index (χ1v) is 9.77. The minimum atomic E-state index is -0.487. The minimum absolute atomic E-state index is 0.0378. The van der Waals surface area contributed by atoms with E-state index in [9.17, 15) is 9.90 Å². The van der Waals surface area contributed by atoms with Crippen LogP contribution in [0.4, 0.5) is 5.69 Å². The lowest BCUT2D eigenvalue weighted by Gasteiger charge is -2.18. The minimum Gasteiger partial charge on any atom is -0.391 e. The number of aliphatic hydroxyl groups is 1. The van der Waals surface area contributed by atoms with Crippen molar-refractivity contribution in [2.24, 2.45) is 5.41 Å². The van der Waals surface area contributed by atoms with E-state index in [0.717, 1.165) is 30.5 Å². The fourth-order valence-corrected chi connectivity index (χ4v) is 3.70. The maximum Gasteiger partial charge on any atom is 0.171 e. The average molecular weight is 378 g/mol. The van der Waals surface area contributed by atoms with E-state index >= 15 is 0 Å². The highest BCUT2D eigenvalue weighted by atomic mass is 16.3. The molecule has 0 aliphatic heterocycles. The van der Waals surface area contributed by atoms with Gasteiger partial charge in [0.05, 0.1) is 29.6 Å². The molecule has 2 atom stereocenters. The Morgan fingerprint density at radius 1 is 1.29 bits per heavy atom. The first-order valence-electron chi connectivity index (χ1n) is 9.77. The summed E-state index contributed by atoms with van der Waals surface area (Å²) in [7, 11) is 0. The van der Waals surface area contributed by atoms with Crippen molar-refractivity contribution in [3.63, 3.8) is 0 Å². The lowest BCUT2D eigenvalue weighted by atomic mass is 9.87. The van der Waals surface area contributed by atoms with Crippen LogP contribution in [0.3, 0.4) is 0 Å². The van der Waals surface area contributed by atoms with E-state index in [4.69, 9.17) is 4.98 Å². The van der Waals surface area contributed by atoms with Gasteiger partial charge in [0, 0.05) is 22.9 Å². The number of aromatic amines is 1. The third kappa shape index (κ3) is 3.52. The summed E-state index contributed by atoms with van der Waals surface area (Å²) in [5.74, 6) is 0.0378.